The Hall–Kier alpha value is -0.723. The average molecular weight is 435 g/mol. The van der Waals surface area contributed by atoms with Gasteiger partial charge in [-0.2, -0.15) is 0 Å². The number of ether oxygens (including phenoxy) is 1. The van der Waals surface area contributed by atoms with Crippen molar-refractivity contribution in [1.82, 2.24) is 0 Å². The molecule has 2 saturated heterocycles. The van der Waals surface area contributed by atoms with Crippen molar-refractivity contribution in [3.8, 4) is 0 Å². The molecule has 0 aliphatic carbocycles. The monoisotopic (exact) mass is 434 g/mol. The van der Waals surface area contributed by atoms with Gasteiger partial charge in [0.15, 0.2) is 8.32 Å². The maximum Gasteiger partial charge on any atom is 0.192 e. The van der Waals surface area contributed by atoms with Gasteiger partial charge in [-0.05, 0) is 60.9 Å². The summed E-state index contributed by atoms with van der Waals surface area (Å²) in [5.41, 5.74) is 2.19. The Kier molecular flexibility index (Phi) is 7.51. The minimum absolute atomic E-state index is 0.00988. The molecule has 2 fully saturated rings. The molecule has 0 aromatic heterocycles. The van der Waals surface area contributed by atoms with Crippen LogP contribution in [0.4, 0.5) is 0 Å². The Balaban J connectivity index is 1.62. The Morgan fingerprint density at radius 2 is 1.83 bits per heavy atom. The first-order valence-electron chi connectivity index (χ1n) is 11.8. The largest absolute Gasteiger partial charge is 0.417 e. The lowest BCUT2D eigenvalue weighted by Crippen LogP contribution is -2.45. The molecule has 2 aliphatic heterocycles. The first-order chi connectivity index (χ1) is 14.1. The smallest absolute Gasteiger partial charge is 0.192 e. The van der Waals surface area contributed by atoms with Crippen LogP contribution in [0.2, 0.25) is 18.1 Å². The topological polar surface area (TPSA) is 58.9 Å². The molecule has 30 heavy (non-hydrogen) atoms. The summed E-state index contributed by atoms with van der Waals surface area (Å²) < 4.78 is 12.5. The minimum atomic E-state index is -1.81. The number of hydrogen-bond acceptors (Lipinski definition) is 4. The highest BCUT2D eigenvalue weighted by Crippen LogP contribution is 2.49. The van der Waals surface area contributed by atoms with E-state index in [1.54, 1.807) is 0 Å². The van der Waals surface area contributed by atoms with E-state index < -0.39 is 14.4 Å². The third-order valence-electron chi connectivity index (χ3n) is 8.48. The van der Waals surface area contributed by atoms with Crippen LogP contribution in [0.15, 0.2) is 24.3 Å². The summed E-state index contributed by atoms with van der Waals surface area (Å²) >= 11 is 0. The number of benzene rings is 1. The maximum atomic E-state index is 11.3. The van der Waals surface area contributed by atoms with Gasteiger partial charge in [0.1, 0.15) is 0 Å². The van der Waals surface area contributed by atoms with Crippen LogP contribution in [0, 0.1) is 17.8 Å². The molecule has 1 unspecified atom stereocenters. The summed E-state index contributed by atoms with van der Waals surface area (Å²) in [6.45, 7) is 14.8. The van der Waals surface area contributed by atoms with Crippen molar-refractivity contribution in [2.24, 2.45) is 17.8 Å². The van der Waals surface area contributed by atoms with E-state index in [0.29, 0.717) is 5.92 Å². The Bertz CT molecular complexity index is 702. The van der Waals surface area contributed by atoms with Gasteiger partial charge in [-0.1, -0.05) is 52.0 Å². The van der Waals surface area contributed by atoms with E-state index in [-0.39, 0.29) is 35.7 Å². The van der Waals surface area contributed by atoms with Gasteiger partial charge in [-0.3, -0.25) is 0 Å². The quantitative estimate of drug-likeness (QED) is 0.397. The van der Waals surface area contributed by atoms with Crippen LogP contribution < -0.4 is 0 Å². The molecule has 2 bridgehead atoms. The summed E-state index contributed by atoms with van der Waals surface area (Å²) in [6, 6.07) is 8.22. The molecule has 170 valence electrons. The summed E-state index contributed by atoms with van der Waals surface area (Å²) in [4.78, 5) is 0. The van der Waals surface area contributed by atoms with E-state index in [4.69, 9.17) is 9.16 Å². The van der Waals surface area contributed by atoms with Crippen LogP contribution in [-0.4, -0.2) is 44.0 Å². The van der Waals surface area contributed by atoms with Crippen molar-refractivity contribution in [3.63, 3.8) is 0 Å². The number of aryl methyl sites for hydroxylation is 1. The molecular formula is C25H42O4Si. The normalized spacial score (nSPS) is 27.8. The van der Waals surface area contributed by atoms with Crippen LogP contribution in [0.25, 0.3) is 0 Å². The van der Waals surface area contributed by atoms with Crippen molar-refractivity contribution >= 4 is 8.32 Å². The van der Waals surface area contributed by atoms with E-state index in [1.807, 2.05) is 18.2 Å². The van der Waals surface area contributed by atoms with Gasteiger partial charge in [0.05, 0.1) is 18.3 Å². The zero-order valence-corrected chi connectivity index (χ0v) is 20.7. The highest BCUT2D eigenvalue weighted by atomic mass is 28.4. The Morgan fingerprint density at radius 1 is 1.17 bits per heavy atom. The lowest BCUT2D eigenvalue weighted by molar-refractivity contribution is 0.0298. The Morgan fingerprint density at radius 3 is 2.50 bits per heavy atom. The minimum Gasteiger partial charge on any atom is -0.417 e. The number of hydrogen-bond donors (Lipinski definition) is 2. The van der Waals surface area contributed by atoms with Gasteiger partial charge in [0, 0.05) is 25.0 Å². The Labute approximate surface area is 184 Å². The first-order valence-corrected chi connectivity index (χ1v) is 14.7. The van der Waals surface area contributed by atoms with Gasteiger partial charge in [-0.15, -0.1) is 0 Å². The standard InChI is InChI=1S/C25H42O4Si/c1-17(2)25(3,4)30(5,6)28-15-9-11-18-10-7-8-12-19(18)24(27)23-20(16-26)21-13-14-22(23)29-21/h7-8,10,12,17,20-24,26-27H,9,11,13-16H2,1-6H3/t20-,21-,22+,23-,24?/m1/s1. The molecule has 4 nitrogen and oxygen atoms in total. The van der Waals surface area contributed by atoms with E-state index in [9.17, 15) is 10.2 Å². The van der Waals surface area contributed by atoms with Crippen LogP contribution in [-0.2, 0) is 15.6 Å². The predicted octanol–water partition coefficient (Wildman–Crippen LogP) is 5.10. The maximum absolute atomic E-state index is 11.3. The predicted molar refractivity (Wildman–Crippen MR) is 124 cm³/mol. The first kappa shape index (κ1) is 23.9. The summed E-state index contributed by atoms with van der Waals surface area (Å²) in [7, 11) is -1.81. The van der Waals surface area contributed by atoms with E-state index in [1.165, 1.54) is 5.56 Å². The summed E-state index contributed by atoms with van der Waals surface area (Å²) in [5, 5.41) is 21.4. The zero-order chi connectivity index (χ0) is 22.1. The second-order valence-electron chi connectivity index (χ2n) is 10.7. The summed E-state index contributed by atoms with van der Waals surface area (Å²) in [5.74, 6) is 0.628. The van der Waals surface area contributed by atoms with E-state index in [2.05, 4.69) is 46.9 Å². The average Bonchev–Trinajstić information content (AvgIpc) is 3.32. The summed E-state index contributed by atoms with van der Waals surface area (Å²) in [6.07, 6.45) is 3.44. The van der Waals surface area contributed by atoms with Crippen LogP contribution in [0.5, 0.6) is 0 Å². The number of aliphatic hydroxyl groups excluding tert-OH is 2. The molecule has 0 radical (unpaired) electrons. The molecule has 0 spiro atoms. The van der Waals surface area contributed by atoms with Gasteiger partial charge < -0.3 is 19.4 Å². The van der Waals surface area contributed by atoms with Crippen LogP contribution >= 0.6 is 0 Å². The third kappa shape index (κ3) is 4.56. The third-order valence-corrected chi connectivity index (χ3v) is 13.1. The van der Waals surface area contributed by atoms with Gasteiger partial charge in [-0.25, -0.2) is 0 Å². The fraction of sp³-hybridized carbons (Fsp3) is 0.760. The van der Waals surface area contributed by atoms with Gasteiger partial charge in [0.25, 0.3) is 0 Å². The number of fused-ring (bicyclic) bond motifs is 2. The lowest BCUT2D eigenvalue weighted by Gasteiger charge is -2.42. The molecular weight excluding hydrogens is 392 g/mol. The zero-order valence-electron chi connectivity index (χ0n) is 19.7. The van der Waals surface area contributed by atoms with Gasteiger partial charge in [0.2, 0.25) is 0 Å². The molecule has 2 N–H and O–H groups in total. The second-order valence-corrected chi connectivity index (χ2v) is 15.3. The fourth-order valence-corrected chi connectivity index (χ4v) is 7.63. The molecule has 2 heterocycles. The van der Waals surface area contributed by atoms with E-state index >= 15 is 0 Å². The second kappa shape index (κ2) is 9.41. The SMILES string of the molecule is CC(C)C(C)(C)[Si](C)(C)OCCCc1ccccc1C(O)[C@@H]1[C@H](CO)[C@H]2CC[C@@H]1O2. The van der Waals surface area contributed by atoms with Crippen molar-refractivity contribution < 1.29 is 19.4 Å². The van der Waals surface area contributed by atoms with Crippen LogP contribution in [0.1, 0.15) is 64.2 Å². The molecule has 5 heteroatoms. The number of aliphatic hydroxyl groups is 2. The van der Waals surface area contributed by atoms with Crippen molar-refractivity contribution in [2.75, 3.05) is 13.2 Å². The number of rotatable bonds is 10. The van der Waals surface area contributed by atoms with Crippen molar-refractivity contribution in [1.29, 1.82) is 0 Å². The fourth-order valence-electron chi connectivity index (χ4n) is 5.22. The molecule has 3 rings (SSSR count). The molecule has 1 aromatic carbocycles. The molecule has 5 atom stereocenters. The van der Waals surface area contributed by atoms with Crippen molar-refractivity contribution in [3.05, 3.63) is 35.4 Å². The molecule has 1 aromatic rings. The van der Waals surface area contributed by atoms with Crippen molar-refractivity contribution in [2.45, 2.75) is 89.8 Å². The molecule has 2 aliphatic rings. The highest BCUT2D eigenvalue weighted by Gasteiger charge is 2.51. The molecule has 0 amide bonds. The lowest BCUT2D eigenvalue weighted by atomic mass is 9.74. The highest BCUT2D eigenvalue weighted by molar-refractivity contribution is 6.74. The van der Waals surface area contributed by atoms with Crippen LogP contribution in [0.3, 0.4) is 0 Å². The molecule has 0 saturated carbocycles. The van der Waals surface area contributed by atoms with Gasteiger partial charge >= 0.3 is 0 Å². The van der Waals surface area contributed by atoms with E-state index in [0.717, 1.165) is 37.9 Å².